The summed E-state index contributed by atoms with van der Waals surface area (Å²) in [6, 6.07) is 0.158. The fourth-order valence-electron chi connectivity index (χ4n) is 2.41. The van der Waals surface area contributed by atoms with E-state index in [1.165, 1.54) is 0 Å². The Morgan fingerprint density at radius 1 is 1.40 bits per heavy atom. The molecule has 6 nitrogen and oxygen atoms in total. The lowest BCUT2D eigenvalue weighted by molar-refractivity contribution is 0.246. The van der Waals surface area contributed by atoms with Crippen molar-refractivity contribution in [1.82, 2.24) is 19.8 Å². The first-order chi connectivity index (χ1) is 9.59. The highest BCUT2D eigenvalue weighted by Gasteiger charge is 2.14. The molecule has 6 heteroatoms. The van der Waals surface area contributed by atoms with Crippen LogP contribution < -0.4 is 15.8 Å². The van der Waals surface area contributed by atoms with E-state index < -0.39 is 0 Å². The highest BCUT2D eigenvalue weighted by atomic mass is 16.1. The van der Waals surface area contributed by atoms with Crippen LogP contribution in [0.4, 0.5) is 5.82 Å². The van der Waals surface area contributed by atoms with Crippen molar-refractivity contribution in [3.63, 3.8) is 0 Å². The quantitative estimate of drug-likeness (QED) is 0.832. The number of hydrogen-bond acceptors (Lipinski definition) is 5. The van der Waals surface area contributed by atoms with Crippen LogP contribution in [-0.4, -0.2) is 60.8 Å². The number of hydrogen-bond donors (Lipinski definition) is 1. The number of nitrogens with zero attached hydrogens (tertiary/aromatic N) is 4. The molecule has 1 fully saturated rings. The van der Waals surface area contributed by atoms with Crippen LogP contribution in [0, 0.1) is 0 Å². The number of nitrogens with one attached hydrogen (secondary N) is 1. The minimum absolute atomic E-state index is 0.00897. The molecule has 20 heavy (non-hydrogen) atoms. The monoisotopic (exact) mass is 279 g/mol. The molecule has 0 spiro atoms. The lowest BCUT2D eigenvalue weighted by Gasteiger charge is -2.29. The van der Waals surface area contributed by atoms with Gasteiger partial charge in [0.1, 0.15) is 0 Å². The van der Waals surface area contributed by atoms with Crippen LogP contribution >= 0.6 is 0 Å². The summed E-state index contributed by atoms with van der Waals surface area (Å²) in [6.07, 6.45) is 3.46. The van der Waals surface area contributed by atoms with E-state index in [1.54, 1.807) is 17.0 Å². The zero-order valence-corrected chi connectivity index (χ0v) is 12.7. The zero-order valence-electron chi connectivity index (χ0n) is 12.7. The molecule has 112 valence electrons. The number of rotatable bonds is 5. The van der Waals surface area contributed by atoms with Gasteiger partial charge < -0.3 is 14.8 Å². The van der Waals surface area contributed by atoms with E-state index in [9.17, 15) is 4.79 Å². The second-order valence-corrected chi connectivity index (χ2v) is 5.57. The first-order valence-corrected chi connectivity index (χ1v) is 7.31. The van der Waals surface area contributed by atoms with Crippen LogP contribution in [0.2, 0.25) is 0 Å². The van der Waals surface area contributed by atoms with Gasteiger partial charge in [0.15, 0.2) is 5.82 Å². The maximum atomic E-state index is 12.3. The fourth-order valence-corrected chi connectivity index (χ4v) is 2.41. The molecule has 1 N–H and O–H groups in total. The Kier molecular flexibility index (Phi) is 5.14. The smallest absolute Gasteiger partial charge is 0.293 e. The average Bonchev–Trinajstić information content (AvgIpc) is 2.46. The molecule has 2 rings (SSSR count). The van der Waals surface area contributed by atoms with Crippen molar-refractivity contribution in [1.29, 1.82) is 0 Å². The largest absolute Gasteiger partial charge is 0.354 e. The number of anilines is 1. The van der Waals surface area contributed by atoms with Crippen LogP contribution in [0.15, 0.2) is 17.2 Å². The van der Waals surface area contributed by atoms with Crippen molar-refractivity contribution in [2.45, 2.75) is 19.9 Å². The van der Waals surface area contributed by atoms with Gasteiger partial charge in [-0.3, -0.25) is 9.69 Å². The lowest BCUT2D eigenvalue weighted by Crippen LogP contribution is -2.46. The van der Waals surface area contributed by atoms with Crippen molar-refractivity contribution in [3.05, 3.63) is 22.7 Å². The normalized spacial score (nSPS) is 16.6. The topological polar surface area (TPSA) is 53.4 Å². The first kappa shape index (κ1) is 15.0. The molecule has 0 aromatic carbocycles. The second kappa shape index (κ2) is 6.85. The molecule has 1 aromatic rings. The summed E-state index contributed by atoms with van der Waals surface area (Å²) in [4.78, 5) is 21.0. The van der Waals surface area contributed by atoms with Gasteiger partial charge in [-0.15, -0.1) is 0 Å². The van der Waals surface area contributed by atoms with Gasteiger partial charge in [0.05, 0.1) is 0 Å². The second-order valence-electron chi connectivity index (χ2n) is 5.57. The molecule has 0 amide bonds. The molecule has 0 unspecified atom stereocenters. The number of aromatic nitrogens is 2. The highest BCUT2D eigenvalue weighted by Crippen LogP contribution is 2.05. The Labute approximate surface area is 120 Å². The third kappa shape index (κ3) is 3.58. The lowest BCUT2D eigenvalue weighted by atomic mass is 10.3. The molecule has 0 bridgehead atoms. The Hall–Kier alpha value is -1.40. The Bertz CT molecular complexity index is 479. The van der Waals surface area contributed by atoms with Crippen molar-refractivity contribution in [2.24, 2.45) is 0 Å². The predicted molar refractivity (Wildman–Crippen MR) is 81.5 cm³/mol. The molecule has 0 saturated carbocycles. The van der Waals surface area contributed by atoms with Crippen molar-refractivity contribution < 1.29 is 0 Å². The molecule has 0 atom stereocenters. The Balaban J connectivity index is 2.00. The first-order valence-electron chi connectivity index (χ1n) is 7.31. The van der Waals surface area contributed by atoms with Gasteiger partial charge in [0.25, 0.3) is 5.56 Å². The van der Waals surface area contributed by atoms with Gasteiger partial charge in [-0.1, -0.05) is 0 Å². The van der Waals surface area contributed by atoms with E-state index >= 15 is 0 Å². The molecular formula is C14H25N5O. The molecule has 1 aliphatic rings. The SMILES string of the molecule is CC(C)n1ccnc(N(C)CCN2CCNCC2)c1=O. The zero-order chi connectivity index (χ0) is 14.5. The molecule has 0 radical (unpaired) electrons. The van der Waals surface area contributed by atoms with E-state index in [2.05, 4.69) is 15.2 Å². The van der Waals surface area contributed by atoms with Gasteiger partial charge >= 0.3 is 0 Å². The Morgan fingerprint density at radius 3 is 2.75 bits per heavy atom. The van der Waals surface area contributed by atoms with Gasteiger partial charge in [-0.05, 0) is 13.8 Å². The summed E-state index contributed by atoms with van der Waals surface area (Å²) in [5, 5.41) is 3.34. The van der Waals surface area contributed by atoms with E-state index in [1.807, 2.05) is 25.8 Å². The molecule has 2 heterocycles. The maximum absolute atomic E-state index is 12.3. The molecule has 1 aliphatic heterocycles. The molecule has 0 aliphatic carbocycles. The predicted octanol–water partition coefficient (Wildman–Crippen LogP) is 0.166. The van der Waals surface area contributed by atoms with Crippen LogP contribution in [0.3, 0.4) is 0 Å². The molecule has 1 aromatic heterocycles. The number of piperazine rings is 1. The Morgan fingerprint density at radius 2 is 2.10 bits per heavy atom. The van der Waals surface area contributed by atoms with E-state index in [-0.39, 0.29) is 11.6 Å². The molecular weight excluding hydrogens is 254 g/mol. The van der Waals surface area contributed by atoms with Gasteiger partial charge in [-0.25, -0.2) is 4.98 Å². The van der Waals surface area contributed by atoms with Gasteiger partial charge in [0, 0.05) is 64.8 Å². The van der Waals surface area contributed by atoms with Crippen LogP contribution in [0.1, 0.15) is 19.9 Å². The van der Waals surface area contributed by atoms with E-state index in [0.717, 1.165) is 39.3 Å². The van der Waals surface area contributed by atoms with Crippen LogP contribution in [-0.2, 0) is 0 Å². The summed E-state index contributed by atoms with van der Waals surface area (Å²) >= 11 is 0. The van der Waals surface area contributed by atoms with Crippen LogP contribution in [0.5, 0.6) is 0 Å². The average molecular weight is 279 g/mol. The minimum atomic E-state index is -0.00897. The maximum Gasteiger partial charge on any atom is 0.293 e. The van der Waals surface area contributed by atoms with Gasteiger partial charge in [-0.2, -0.15) is 0 Å². The minimum Gasteiger partial charge on any atom is -0.354 e. The van der Waals surface area contributed by atoms with Crippen LogP contribution in [0.25, 0.3) is 0 Å². The summed E-state index contributed by atoms with van der Waals surface area (Å²) in [5.74, 6) is 0.538. The van der Waals surface area contributed by atoms with Crippen molar-refractivity contribution in [2.75, 3.05) is 51.2 Å². The summed E-state index contributed by atoms with van der Waals surface area (Å²) in [7, 11) is 1.94. The number of likely N-dealkylation sites (N-methyl/N-ethyl adjacent to an activating group) is 1. The third-order valence-corrected chi connectivity index (χ3v) is 3.73. The van der Waals surface area contributed by atoms with Gasteiger partial charge in [0.2, 0.25) is 0 Å². The van der Waals surface area contributed by atoms with E-state index in [0.29, 0.717) is 5.82 Å². The highest BCUT2D eigenvalue weighted by molar-refractivity contribution is 5.34. The summed E-state index contributed by atoms with van der Waals surface area (Å²) in [5.41, 5.74) is -0.00897. The molecule has 1 saturated heterocycles. The standard InChI is InChI=1S/C14H25N5O/c1-12(2)19-9-6-16-13(14(19)20)17(3)10-11-18-7-4-15-5-8-18/h6,9,12,15H,4-5,7-8,10-11H2,1-3H3. The van der Waals surface area contributed by atoms with Crippen molar-refractivity contribution in [3.8, 4) is 0 Å². The third-order valence-electron chi connectivity index (χ3n) is 3.73. The van der Waals surface area contributed by atoms with Crippen molar-refractivity contribution >= 4 is 5.82 Å². The summed E-state index contributed by atoms with van der Waals surface area (Å²) < 4.78 is 1.73. The summed E-state index contributed by atoms with van der Waals surface area (Å²) in [6.45, 7) is 10.1. The van der Waals surface area contributed by atoms with E-state index in [4.69, 9.17) is 0 Å². The fraction of sp³-hybridized carbons (Fsp3) is 0.714.